The van der Waals surface area contributed by atoms with E-state index in [4.69, 9.17) is 9.47 Å². The van der Waals surface area contributed by atoms with E-state index in [1.54, 1.807) is 33.1 Å². The zero-order chi connectivity index (χ0) is 26.5. The van der Waals surface area contributed by atoms with Gasteiger partial charge in [-0.25, -0.2) is 8.42 Å². The SMILES string of the molecule is COc1cc(C)c(S(=O)(=O)N(C)CCOCC(=O)N(C)C(C)C2CCC(CN3CCC3)CC2)c(C)c1. The summed E-state index contributed by atoms with van der Waals surface area (Å²) in [5.41, 5.74) is 1.28. The van der Waals surface area contributed by atoms with E-state index in [1.165, 1.54) is 63.1 Å². The fraction of sp³-hybridized carbons (Fsp3) is 0.741. The van der Waals surface area contributed by atoms with Crippen molar-refractivity contribution in [2.75, 3.05) is 60.6 Å². The molecule has 8 nitrogen and oxygen atoms in total. The van der Waals surface area contributed by atoms with Crippen LogP contribution in [0.15, 0.2) is 17.0 Å². The van der Waals surface area contributed by atoms with Crippen LogP contribution < -0.4 is 4.74 Å². The molecule has 1 aliphatic carbocycles. The fourth-order valence-corrected chi connectivity index (χ4v) is 7.05. The predicted octanol–water partition coefficient (Wildman–Crippen LogP) is 3.31. The van der Waals surface area contributed by atoms with Gasteiger partial charge in [-0.15, -0.1) is 0 Å². The van der Waals surface area contributed by atoms with Gasteiger partial charge in [0.05, 0.1) is 18.6 Å². The van der Waals surface area contributed by atoms with Crippen LogP contribution in [0.4, 0.5) is 0 Å². The number of likely N-dealkylation sites (N-methyl/N-ethyl adjacent to an activating group) is 2. The molecule has 0 aromatic heterocycles. The van der Waals surface area contributed by atoms with Crippen molar-refractivity contribution in [3.05, 3.63) is 23.3 Å². The Labute approximate surface area is 218 Å². The number of likely N-dealkylation sites (tertiary alicyclic amines) is 1. The molecule has 1 aliphatic heterocycles. The fourth-order valence-electron chi connectivity index (χ4n) is 5.49. The summed E-state index contributed by atoms with van der Waals surface area (Å²) in [4.78, 5) is 17.4. The molecule has 9 heteroatoms. The highest BCUT2D eigenvalue weighted by Gasteiger charge is 2.31. The lowest BCUT2D eigenvalue weighted by molar-refractivity contribution is -0.138. The lowest BCUT2D eigenvalue weighted by atomic mass is 9.78. The molecule has 36 heavy (non-hydrogen) atoms. The summed E-state index contributed by atoms with van der Waals surface area (Å²) < 4.78 is 38.4. The topological polar surface area (TPSA) is 79.4 Å². The molecule has 1 atom stereocenters. The molecule has 3 rings (SSSR count). The number of sulfonamides is 1. The van der Waals surface area contributed by atoms with E-state index in [-0.39, 0.29) is 36.6 Å². The van der Waals surface area contributed by atoms with Gasteiger partial charge in [-0.1, -0.05) is 0 Å². The molecule has 1 amide bonds. The Kier molecular flexibility index (Phi) is 10.2. The number of rotatable bonds is 12. The normalized spacial score (nSPS) is 21.8. The number of methoxy groups -OCH3 is 1. The molecule has 1 aromatic carbocycles. The number of aryl methyl sites for hydroxylation is 2. The van der Waals surface area contributed by atoms with Crippen LogP contribution in [0.2, 0.25) is 0 Å². The Morgan fingerprint density at radius 1 is 1.11 bits per heavy atom. The van der Waals surface area contributed by atoms with Gasteiger partial charge >= 0.3 is 0 Å². The average Bonchev–Trinajstić information content (AvgIpc) is 2.82. The van der Waals surface area contributed by atoms with Gasteiger partial charge in [-0.05, 0) is 101 Å². The number of hydrogen-bond donors (Lipinski definition) is 0. The third-order valence-corrected chi connectivity index (χ3v) is 10.3. The van der Waals surface area contributed by atoms with Crippen LogP contribution in [0.5, 0.6) is 5.75 Å². The van der Waals surface area contributed by atoms with E-state index >= 15 is 0 Å². The van der Waals surface area contributed by atoms with Crippen molar-refractivity contribution in [1.29, 1.82) is 0 Å². The summed E-state index contributed by atoms with van der Waals surface area (Å²) in [6.07, 6.45) is 6.18. The Balaban J connectivity index is 1.41. The summed E-state index contributed by atoms with van der Waals surface area (Å²) in [7, 11) is 1.27. The maximum atomic E-state index is 13.1. The third-order valence-electron chi connectivity index (χ3n) is 8.16. The van der Waals surface area contributed by atoms with Crippen LogP contribution in [0.1, 0.15) is 50.2 Å². The van der Waals surface area contributed by atoms with Gasteiger partial charge < -0.3 is 19.3 Å². The second-order valence-corrected chi connectivity index (χ2v) is 12.6. The van der Waals surface area contributed by atoms with Crippen LogP contribution in [-0.2, 0) is 19.6 Å². The molecular weight excluding hydrogens is 478 g/mol. The number of ether oxygens (including phenoxy) is 2. The van der Waals surface area contributed by atoms with Crippen LogP contribution in [0.25, 0.3) is 0 Å². The minimum absolute atomic E-state index is 0.0420. The van der Waals surface area contributed by atoms with Gasteiger partial charge in [-0.3, -0.25) is 4.79 Å². The summed E-state index contributed by atoms with van der Waals surface area (Å²) in [5, 5.41) is 0. The van der Waals surface area contributed by atoms with Crippen molar-refractivity contribution in [1.82, 2.24) is 14.1 Å². The molecule has 1 heterocycles. The number of benzene rings is 1. The molecular formula is C27H45N3O5S. The van der Waals surface area contributed by atoms with Gasteiger partial charge in [0.25, 0.3) is 0 Å². The Morgan fingerprint density at radius 3 is 2.25 bits per heavy atom. The maximum absolute atomic E-state index is 13.1. The number of amides is 1. The highest BCUT2D eigenvalue weighted by atomic mass is 32.2. The zero-order valence-electron chi connectivity index (χ0n) is 23.0. The van der Waals surface area contributed by atoms with Gasteiger partial charge in [0.15, 0.2) is 0 Å². The van der Waals surface area contributed by atoms with Crippen molar-refractivity contribution in [3.8, 4) is 5.75 Å². The summed E-state index contributed by atoms with van der Waals surface area (Å²) >= 11 is 0. The first-order valence-electron chi connectivity index (χ1n) is 13.2. The van der Waals surface area contributed by atoms with Gasteiger partial charge in [-0.2, -0.15) is 4.31 Å². The number of carbonyl (C=O) groups is 1. The Hall–Kier alpha value is -1.68. The quantitative estimate of drug-likeness (QED) is 0.391. The highest BCUT2D eigenvalue weighted by molar-refractivity contribution is 7.89. The predicted molar refractivity (Wildman–Crippen MR) is 142 cm³/mol. The van der Waals surface area contributed by atoms with Crippen LogP contribution in [0, 0.1) is 25.7 Å². The van der Waals surface area contributed by atoms with E-state index < -0.39 is 10.0 Å². The number of nitrogens with zero attached hydrogens (tertiary/aromatic N) is 3. The first-order valence-corrected chi connectivity index (χ1v) is 14.7. The second-order valence-electron chi connectivity index (χ2n) is 10.6. The standard InChI is InChI=1S/C27H45N3O5S/c1-20-16-25(34-6)17-21(2)27(20)36(32,33)28(4)14-15-35-19-26(31)29(5)22(3)24-10-8-23(9-11-24)18-30-12-7-13-30/h16-17,22-24H,7-15,18-19H2,1-6H3. The average molecular weight is 524 g/mol. The van der Waals surface area contributed by atoms with Crippen molar-refractivity contribution in [2.24, 2.45) is 11.8 Å². The van der Waals surface area contributed by atoms with Crippen molar-refractivity contribution in [3.63, 3.8) is 0 Å². The first-order chi connectivity index (χ1) is 17.0. The van der Waals surface area contributed by atoms with Crippen LogP contribution in [0.3, 0.4) is 0 Å². The van der Waals surface area contributed by atoms with Gasteiger partial charge in [0.1, 0.15) is 12.4 Å². The number of hydrogen-bond acceptors (Lipinski definition) is 6. The minimum Gasteiger partial charge on any atom is -0.497 e. The molecule has 2 aliphatic rings. The van der Waals surface area contributed by atoms with Crippen LogP contribution >= 0.6 is 0 Å². The van der Waals surface area contributed by atoms with Crippen molar-refractivity contribution in [2.45, 2.75) is 63.8 Å². The highest BCUT2D eigenvalue weighted by Crippen LogP contribution is 2.33. The molecule has 1 saturated heterocycles. The molecule has 0 bridgehead atoms. The largest absolute Gasteiger partial charge is 0.497 e. The van der Waals surface area contributed by atoms with Crippen LogP contribution in [-0.4, -0.2) is 95.1 Å². The summed E-state index contributed by atoms with van der Waals surface area (Å²) in [5.74, 6) is 1.90. The summed E-state index contributed by atoms with van der Waals surface area (Å²) in [6.45, 7) is 9.71. The van der Waals surface area contributed by atoms with Gasteiger partial charge in [0.2, 0.25) is 15.9 Å². The smallest absolute Gasteiger partial charge is 0.248 e. The Bertz CT molecular complexity index is 964. The second kappa shape index (κ2) is 12.7. The Morgan fingerprint density at radius 2 is 1.72 bits per heavy atom. The minimum atomic E-state index is -3.68. The lowest BCUT2D eigenvalue weighted by Gasteiger charge is -2.40. The van der Waals surface area contributed by atoms with E-state index in [0.29, 0.717) is 22.8 Å². The van der Waals surface area contributed by atoms with Gasteiger partial charge in [0, 0.05) is 33.2 Å². The lowest BCUT2D eigenvalue weighted by Crippen LogP contribution is -2.44. The summed E-state index contributed by atoms with van der Waals surface area (Å²) in [6, 6.07) is 3.62. The molecule has 0 radical (unpaired) electrons. The van der Waals surface area contributed by atoms with E-state index in [9.17, 15) is 13.2 Å². The molecule has 1 saturated carbocycles. The molecule has 1 aromatic rings. The molecule has 204 valence electrons. The monoisotopic (exact) mass is 523 g/mol. The molecule has 1 unspecified atom stereocenters. The van der Waals surface area contributed by atoms with E-state index in [2.05, 4.69) is 11.8 Å². The van der Waals surface area contributed by atoms with Crippen molar-refractivity contribution >= 4 is 15.9 Å². The number of carbonyl (C=O) groups excluding carboxylic acids is 1. The van der Waals surface area contributed by atoms with E-state index in [0.717, 1.165) is 5.92 Å². The molecule has 0 spiro atoms. The van der Waals surface area contributed by atoms with Crippen molar-refractivity contribution < 1.29 is 22.7 Å². The first kappa shape index (κ1) is 28.9. The maximum Gasteiger partial charge on any atom is 0.248 e. The van der Waals surface area contributed by atoms with E-state index in [1.807, 2.05) is 11.9 Å². The third kappa shape index (κ3) is 7.00. The molecule has 2 fully saturated rings. The molecule has 0 N–H and O–H groups in total. The zero-order valence-corrected chi connectivity index (χ0v) is 23.8.